The zero-order valence-electron chi connectivity index (χ0n) is 18.4. The summed E-state index contributed by atoms with van der Waals surface area (Å²) in [6, 6.07) is 17.7. The zero-order valence-corrected chi connectivity index (χ0v) is 18.4. The van der Waals surface area contributed by atoms with Crippen LogP contribution in [0, 0.1) is 20.8 Å². The Balaban J connectivity index is 1.42. The maximum Gasteiger partial charge on any atom is 0.278 e. The van der Waals surface area contributed by atoms with Gasteiger partial charge >= 0.3 is 0 Å². The van der Waals surface area contributed by atoms with E-state index >= 15 is 0 Å². The van der Waals surface area contributed by atoms with E-state index in [1.165, 1.54) is 11.1 Å². The molecule has 0 unspecified atom stereocenters. The summed E-state index contributed by atoms with van der Waals surface area (Å²) in [7, 11) is 0. The van der Waals surface area contributed by atoms with E-state index < -0.39 is 0 Å². The van der Waals surface area contributed by atoms with Crippen LogP contribution in [-0.4, -0.2) is 16.0 Å². The molecule has 0 bridgehead atoms. The van der Waals surface area contributed by atoms with Crippen molar-refractivity contribution in [1.29, 1.82) is 0 Å². The van der Waals surface area contributed by atoms with Crippen LogP contribution in [0.25, 0.3) is 0 Å². The minimum Gasteiger partial charge on any atom is -0.488 e. The highest BCUT2D eigenvalue weighted by molar-refractivity contribution is 6.03. The lowest BCUT2D eigenvalue weighted by Gasteiger charge is -2.10. The molecule has 1 N–H and O–H groups in total. The summed E-state index contributed by atoms with van der Waals surface area (Å²) in [5.41, 5.74) is 6.09. The second-order valence-corrected chi connectivity index (χ2v) is 7.81. The van der Waals surface area contributed by atoms with E-state index in [1.807, 2.05) is 62.4 Å². The quantitative estimate of drug-likeness (QED) is 0.426. The predicted octanol–water partition coefficient (Wildman–Crippen LogP) is 5.42. The first-order chi connectivity index (χ1) is 15.5. The van der Waals surface area contributed by atoms with E-state index in [1.54, 1.807) is 19.3 Å². The van der Waals surface area contributed by atoms with Crippen molar-refractivity contribution in [1.82, 2.24) is 10.1 Å². The van der Waals surface area contributed by atoms with Crippen LogP contribution < -0.4 is 10.1 Å². The topological polar surface area (TPSA) is 77.2 Å². The molecular weight excluding hydrogens is 402 g/mol. The van der Waals surface area contributed by atoms with E-state index in [0.29, 0.717) is 17.0 Å². The highest BCUT2D eigenvalue weighted by Crippen LogP contribution is 2.23. The molecule has 4 aromatic rings. The Labute approximate surface area is 187 Å². The first kappa shape index (κ1) is 21.3. The highest BCUT2D eigenvalue weighted by atomic mass is 16.5. The number of aryl methyl sites for hydroxylation is 3. The maximum absolute atomic E-state index is 12.9. The summed E-state index contributed by atoms with van der Waals surface area (Å²) >= 11 is 0. The average Bonchev–Trinajstić information content (AvgIpc) is 3.16. The van der Waals surface area contributed by atoms with Gasteiger partial charge in [0.05, 0.1) is 5.56 Å². The molecule has 0 fully saturated rings. The van der Waals surface area contributed by atoms with E-state index in [2.05, 4.69) is 21.5 Å². The van der Waals surface area contributed by atoms with Crippen LogP contribution in [0.2, 0.25) is 0 Å². The van der Waals surface area contributed by atoms with Crippen molar-refractivity contribution in [3.8, 4) is 5.75 Å². The van der Waals surface area contributed by atoms with Gasteiger partial charge in [0.1, 0.15) is 18.1 Å². The monoisotopic (exact) mass is 427 g/mol. The van der Waals surface area contributed by atoms with Crippen LogP contribution in [0.5, 0.6) is 5.75 Å². The van der Waals surface area contributed by atoms with Crippen molar-refractivity contribution in [3.05, 3.63) is 106 Å². The molecule has 0 atom stereocenters. The molecule has 0 saturated carbocycles. The molecule has 1 amide bonds. The SMILES string of the molecule is Cc1ccc(OCc2c(C(=O)Nc3ccc(Cc4ccncc4)cc3)noc2C)c(C)c1. The Morgan fingerprint density at radius 1 is 0.969 bits per heavy atom. The first-order valence-corrected chi connectivity index (χ1v) is 10.4. The van der Waals surface area contributed by atoms with Gasteiger partial charge in [0.25, 0.3) is 5.91 Å². The van der Waals surface area contributed by atoms with Crippen molar-refractivity contribution in [2.24, 2.45) is 0 Å². The number of pyridine rings is 1. The van der Waals surface area contributed by atoms with E-state index in [-0.39, 0.29) is 18.2 Å². The lowest BCUT2D eigenvalue weighted by molar-refractivity contribution is 0.101. The van der Waals surface area contributed by atoms with Crippen molar-refractivity contribution in [3.63, 3.8) is 0 Å². The number of amides is 1. The van der Waals surface area contributed by atoms with Crippen LogP contribution in [0.1, 0.15) is 44.1 Å². The Morgan fingerprint density at radius 3 is 2.41 bits per heavy atom. The number of nitrogens with one attached hydrogen (secondary N) is 1. The van der Waals surface area contributed by atoms with Gasteiger partial charge in [-0.2, -0.15) is 0 Å². The summed E-state index contributed by atoms with van der Waals surface area (Å²) in [6.07, 6.45) is 4.37. The molecule has 6 nitrogen and oxygen atoms in total. The molecule has 0 aliphatic rings. The number of carbonyl (C=O) groups excluding carboxylic acids is 1. The number of hydrogen-bond acceptors (Lipinski definition) is 5. The molecule has 2 aromatic heterocycles. The summed E-state index contributed by atoms with van der Waals surface area (Å²) < 4.78 is 11.2. The Morgan fingerprint density at radius 2 is 1.69 bits per heavy atom. The van der Waals surface area contributed by atoms with Gasteiger partial charge in [-0.1, -0.05) is 35.0 Å². The van der Waals surface area contributed by atoms with Crippen LogP contribution in [0.4, 0.5) is 5.69 Å². The number of nitrogens with zero attached hydrogens (tertiary/aromatic N) is 2. The molecule has 162 valence electrons. The van der Waals surface area contributed by atoms with Crippen molar-refractivity contribution >= 4 is 11.6 Å². The molecule has 0 aliphatic carbocycles. The number of benzene rings is 2. The summed E-state index contributed by atoms with van der Waals surface area (Å²) in [6.45, 7) is 6.01. The van der Waals surface area contributed by atoms with Crippen molar-refractivity contribution in [2.45, 2.75) is 33.8 Å². The standard InChI is InChI=1S/C26H25N3O3/c1-17-4-9-24(18(2)14-17)31-16-23-19(3)32-29-25(23)26(30)28-22-7-5-20(6-8-22)15-21-10-12-27-13-11-21/h4-14H,15-16H2,1-3H3,(H,28,30). The lowest BCUT2D eigenvalue weighted by Crippen LogP contribution is -2.15. The third-order valence-electron chi connectivity index (χ3n) is 5.27. The Hall–Kier alpha value is -3.93. The Kier molecular flexibility index (Phi) is 6.31. The lowest BCUT2D eigenvalue weighted by atomic mass is 10.1. The number of anilines is 1. The first-order valence-electron chi connectivity index (χ1n) is 10.4. The normalized spacial score (nSPS) is 10.7. The number of carbonyl (C=O) groups is 1. The summed E-state index contributed by atoms with van der Waals surface area (Å²) in [5.74, 6) is 1.00. The molecule has 0 aliphatic heterocycles. The van der Waals surface area contributed by atoms with E-state index in [0.717, 1.165) is 23.3 Å². The summed E-state index contributed by atoms with van der Waals surface area (Å²) in [5, 5.41) is 6.85. The zero-order chi connectivity index (χ0) is 22.5. The van der Waals surface area contributed by atoms with Gasteiger partial charge in [-0.25, -0.2) is 0 Å². The molecule has 4 rings (SSSR count). The van der Waals surface area contributed by atoms with Crippen LogP contribution in [0.3, 0.4) is 0 Å². The van der Waals surface area contributed by atoms with Gasteiger partial charge in [0.15, 0.2) is 5.69 Å². The Bertz CT molecular complexity index is 1220. The molecule has 2 aromatic carbocycles. The van der Waals surface area contributed by atoms with Crippen LogP contribution in [-0.2, 0) is 13.0 Å². The minimum atomic E-state index is -0.331. The van der Waals surface area contributed by atoms with E-state index in [4.69, 9.17) is 9.26 Å². The van der Waals surface area contributed by atoms with Crippen molar-refractivity contribution in [2.75, 3.05) is 5.32 Å². The summed E-state index contributed by atoms with van der Waals surface area (Å²) in [4.78, 5) is 16.9. The van der Waals surface area contributed by atoms with Gasteiger partial charge in [-0.05, 0) is 74.2 Å². The van der Waals surface area contributed by atoms with Gasteiger partial charge in [0.2, 0.25) is 0 Å². The molecule has 32 heavy (non-hydrogen) atoms. The molecule has 2 heterocycles. The number of rotatable bonds is 7. The molecule has 0 saturated heterocycles. The molecular formula is C26H25N3O3. The highest BCUT2D eigenvalue weighted by Gasteiger charge is 2.21. The predicted molar refractivity (Wildman–Crippen MR) is 123 cm³/mol. The maximum atomic E-state index is 12.9. The number of ether oxygens (including phenoxy) is 1. The van der Waals surface area contributed by atoms with Crippen molar-refractivity contribution < 1.29 is 14.1 Å². The molecule has 0 radical (unpaired) electrons. The van der Waals surface area contributed by atoms with Crippen LogP contribution >= 0.6 is 0 Å². The van der Waals surface area contributed by atoms with Gasteiger partial charge in [-0.3, -0.25) is 9.78 Å². The van der Waals surface area contributed by atoms with Gasteiger partial charge in [0, 0.05) is 18.1 Å². The average molecular weight is 428 g/mol. The second-order valence-electron chi connectivity index (χ2n) is 7.81. The van der Waals surface area contributed by atoms with E-state index in [9.17, 15) is 4.79 Å². The second kappa shape index (κ2) is 9.47. The smallest absolute Gasteiger partial charge is 0.278 e. The third-order valence-corrected chi connectivity index (χ3v) is 5.27. The van der Waals surface area contributed by atoms with Gasteiger partial charge in [-0.15, -0.1) is 0 Å². The number of aromatic nitrogens is 2. The molecule has 6 heteroatoms. The molecule has 0 spiro atoms. The fraction of sp³-hybridized carbons (Fsp3) is 0.192. The van der Waals surface area contributed by atoms with Crippen LogP contribution in [0.15, 0.2) is 71.5 Å². The number of hydrogen-bond donors (Lipinski definition) is 1. The largest absolute Gasteiger partial charge is 0.488 e. The minimum absolute atomic E-state index is 0.201. The third kappa shape index (κ3) is 5.03. The fourth-order valence-corrected chi connectivity index (χ4v) is 3.48. The fourth-order valence-electron chi connectivity index (χ4n) is 3.48. The van der Waals surface area contributed by atoms with Gasteiger partial charge < -0.3 is 14.6 Å².